The molecule has 2 aromatic carbocycles. The van der Waals surface area contributed by atoms with Crippen LogP contribution in [0.2, 0.25) is 5.02 Å². The number of nitrogens with one attached hydrogen (secondary N) is 1. The molecule has 0 unspecified atom stereocenters. The monoisotopic (exact) mass is 372 g/mol. The van der Waals surface area contributed by atoms with Crippen molar-refractivity contribution in [3.63, 3.8) is 0 Å². The average Bonchev–Trinajstić information content (AvgIpc) is 3.08. The van der Waals surface area contributed by atoms with Crippen molar-refractivity contribution < 1.29 is 9.53 Å². The third-order valence-electron chi connectivity index (χ3n) is 3.58. The highest BCUT2D eigenvalue weighted by atomic mass is 35.5. The number of hydrogen-bond donors (Lipinski definition) is 1. The van der Waals surface area contributed by atoms with Crippen LogP contribution in [0.3, 0.4) is 0 Å². The maximum absolute atomic E-state index is 12.1. The summed E-state index contributed by atoms with van der Waals surface area (Å²) in [5, 5.41) is 5.76. The zero-order chi connectivity index (χ0) is 17.6. The van der Waals surface area contributed by atoms with Gasteiger partial charge < -0.3 is 4.74 Å². The molecule has 0 saturated carbocycles. The van der Waals surface area contributed by atoms with Crippen molar-refractivity contribution in [2.24, 2.45) is 0 Å². The molecule has 1 aromatic heterocycles. The summed E-state index contributed by atoms with van der Waals surface area (Å²) in [6.45, 7) is 2.01. The van der Waals surface area contributed by atoms with Crippen molar-refractivity contribution in [3.8, 4) is 17.0 Å². The summed E-state index contributed by atoms with van der Waals surface area (Å²) in [4.78, 5) is 16.5. The Bertz CT molecular complexity index is 879. The normalized spacial score (nSPS) is 10.5. The van der Waals surface area contributed by atoms with E-state index in [2.05, 4.69) is 17.2 Å². The van der Waals surface area contributed by atoms with E-state index in [0.29, 0.717) is 15.9 Å². The van der Waals surface area contributed by atoms with Crippen LogP contribution in [0.5, 0.6) is 5.75 Å². The molecule has 0 aliphatic rings. The van der Waals surface area contributed by atoms with Crippen LogP contribution in [0.1, 0.15) is 12.5 Å². The van der Waals surface area contributed by atoms with Crippen LogP contribution in [0, 0.1) is 0 Å². The average molecular weight is 373 g/mol. The first-order chi connectivity index (χ1) is 12.2. The number of ether oxygens (including phenoxy) is 1. The lowest BCUT2D eigenvalue weighted by molar-refractivity contribution is -0.118. The largest absolute Gasteiger partial charge is 0.484 e. The molecule has 0 aliphatic heterocycles. The second-order valence-corrected chi connectivity index (χ2v) is 6.62. The molecule has 0 atom stereocenters. The highest BCUT2D eigenvalue weighted by Gasteiger charge is 2.10. The number of rotatable bonds is 6. The first-order valence-corrected chi connectivity index (χ1v) is 9.13. The van der Waals surface area contributed by atoms with Crippen molar-refractivity contribution in [2.45, 2.75) is 13.3 Å². The van der Waals surface area contributed by atoms with Gasteiger partial charge in [-0.1, -0.05) is 48.9 Å². The van der Waals surface area contributed by atoms with E-state index in [1.54, 1.807) is 0 Å². The van der Waals surface area contributed by atoms with Crippen molar-refractivity contribution in [3.05, 3.63) is 64.5 Å². The summed E-state index contributed by atoms with van der Waals surface area (Å²) in [6.07, 6.45) is 0.924. The Kier molecular flexibility index (Phi) is 5.68. The fraction of sp³-hybridized carbons (Fsp3) is 0.158. The molecule has 4 nitrogen and oxygen atoms in total. The Hall–Kier alpha value is -2.37. The SMILES string of the molecule is CCc1cccc(OCC(=O)Nc2nc(-c3ccccc3Cl)cs2)c1. The van der Waals surface area contributed by atoms with Crippen molar-refractivity contribution in [2.75, 3.05) is 11.9 Å². The van der Waals surface area contributed by atoms with E-state index < -0.39 is 0 Å². The first kappa shape index (κ1) is 17.5. The quantitative estimate of drug-likeness (QED) is 0.659. The fourth-order valence-corrected chi connectivity index (χ4v) is 3.24. The number of carbonyl (C=O) groups excluding carboxylic acids is 1. The van der Waals surface area contributed by atoms with Gasteiger partial charge in [0.2, 0.25) is 0 Å². The molecule has 0 bridgehead atoms. The van der Waals surface area contributed by atoms with Gasteiger partial charge in [-0.3, -0.25) is 10.1 Å². The lowest BCUT2D eigenvalue weighted by atomic mass is 10.2. The van der Waals surface area contributed by atoms with Gasteiger partial charge in [-0.25, -0.2) is 4.98 Å². The number of nitrogens with zero attached hydrogens (tertiary/aromatic N) is 1. The molecule has 1 N–H and O–H groups in total. The second kappa shape index (κ2) is 8.14. The number of benzene rings is 2. The number of anilines is 1. The summed E-state index contributed by atoms with van der Waals surface area (Å²) < 4.78 is 5.54. The molecule has 0 fully saturated rings. The summed E-state index contributed by atoms with van der Waals surface area (Å²) in [5.41, 5.74) is 2.75. The summed E-state index contributed by atoms with van der Waals surface area (Å²) >= 11 is 7.53. The van der Waals surface area contributed by atoms with Gasteiger partial charge in [-0.15, -0.1) is 11.3 Å². The van der Waals surface area contributed by atoms with Gasteiger partial charge in [0.05, 0.1) is 5.69 Å². The predicted molar refractivity (Wildman–Crippen MR) is 103 cm³/mol. The number of carbonyl (C=O) groups is 1. The van der Waals surface area contributed by atoms with E-state index in [-0.39, 0.29) is 12.5 Å². The molecule has 0 aliphatic carbocycles. The number of hydrogen-bond acceptors (Lipinski definition) is 4. The van der Waals surface area contributed by atoms with Gasteiger partial charge >= 0.3 is 0 Å². The summed E-state index contributed by atoms with van der Waals surface area (Å²) in [7, 11) is 0. The van der Waals surface area contributed by atoms with E-state index in [1.807, 2.05) is 53.9 Å². The minimum Gasteiger partial charge on any atom is -0.484 e. The Morgan fingerprint density at radius 2 is 2.08 bits per heavy atom. The number of amides is 1. The zero-order valence-electron chi connectivity index (χ0n) is 13.7. The standard InChI is InChI=1S/C19H17ClN2O2S/c1-2-13-6-5-7-14(10-13)24-11-18(23)22-19-21-17(12-25-19)15-8-3-4-9-16(15)20/h3-10,12H,2,11H2,1H3,(H,21,22,23). The molecular weight excluding hydrogens is 356 g/mol. The molecule has 128 valence electrons. The molecule has 0 spiro atoms. The maximum atomic E-state index is 12.1. The molecule has 0 saturated heterocycles. The van der Waals surface area contributed by atoms with Gasteiger partial charge in [0.15, 0.2) is 11.7 Å². The smallest absolute Gasteiger partial charge is 0.264 e. The summed E-state index contributed by atoms with van der Waals surface area (Å²) in [6, 6.07) is 15.2. The van der Waals surface area contributed by atoms with Crippen LogP contribution in [0.25, 0.3) is 11.3 Å². The molecule has 6 heteroatoms. The van der Waals surface area contributed by atoms with Crippen LogP contribution in [-0.2, 0) is 11.2 Å². The maximum Gasteiger partial charge on any atom is 0.264 e. The predicted octanol–water partition coefficient (Wildman–Crippen LogP) is 5.04. The second-order valence-electron chi connectivity index (χ2n) is 5.36. The lowest BCUT2D eigenvalue weighted by Gasteiger charge is -2.07. The van der Waals surface area contributed by atoms with Gasteiger partial charge in [0.1, 0.15) is 5.75 Å². The molecule has 1 amide bonds. The van der Waals surface area contributed by atoms with E-state index in [1.165, 1.54) is 16.9 Å². The van der Waals surface area contributed by atoms with Crippen molar-refractivity contribution in [1.82, 2.24) is 4.98 Å². The first-order valence-electron chi connectivity index (χ1n) is 7.87. The molecule has 0 radical (unpaired) electrons. The molecule has 3 rings (SSSR count). The molecule has 3 aromatic rings. The number of aryl methyl sites for hydroxylation is 1. The minimum absolute atomic E-state index is 0.0613. The van der Waals surface area contributed by atoms with E-state index >= 15 is 0 Å². The number of aromatic nitrogens is 1. The van der Waals surface area contributed by atoms with E-state index in [9.17, 15) is 4.79 Å². The summed E-state index contributed by atoms with van der Waals surface area (Å²) in [5.74, 6) is 0.437. The van der Waals surface area contributed by atoms with Gasteiger partial charge in [0.25, 0.3) is 5.91 Å². The number of thiazole rings is 1. The topological polar surface area (TPSA) is 51.2 Å². The van der Waals surface area contributed by atoms with Crippen molar-refractivity contribution >= 4 is 34.0 Å². The van der Waals surface area contributed by atoms with Crippen LogP contribution < -0.4 is 10.1 Å². The minimum atomic E-state index is -0.248. The highest BCUT2D eigenvalue weighted by Crippen LogP contribution is 2.30. The van der Waals surface area contributed by atoms with Crippen LogP contribution in [0.4, 0.5) is 5.13 Å². The van der Waals surface area contributed by atoms with Crippen LogP contribution in [0.15, 0.2) is 53.9 Å². The Labute approximate surface area is 155 Å². The van der Waals surface area contributed by atoms with E-state index in [4.69, 9.17) is 16.3 Å². The number of halogens is 1. The van der Waals surface area contributed by atoms with Gasteiger partial charge in [-0.2, -0.15) is 0 Å². The van der Waals surface area contributed by atoms with Crippen LogP contribution in [-0.4, -0.2) is 17.5 Å². The Morgan fingerprint density at radius 1 is 1.24 bits per heavy atom. The lowest BCUT2D eigenvalue weighted by Crippen LogP contribution is -2.20. The highest BCUT2D eigenvalue weighted by molar-refractivity contribution is 7.14. The van der Waals surface area contributed by atoms with Crippen LogP contribution >= 0.6 is 22.9 Å². The third kappa shape index (κ3) is 4.59. The van der Waals surface area contributed by atoms with E-state index in [0.717, 1.165) is 17.7 Å². The molecule has 1 heterocycles. The van der Waals surface area contributed by atoms with Crippen molar-refractivity contribution in [1.29, 1.82) is 0 Å². The third-order valence-corrected chi connectivity index (χ3v) is 4.66. The Morgan fingerprint density at radius 3 is 2.88 bits per heavy atom. The Balaban J connectivity index is 1.59. The van der Waals surface area contributed by atoms with Gasteiger partial charge in [-0.05, 0) is 30.2 Å². The fourth-order valence-electron chi connectivity index (χ4n) is 2.28. The zero-order valence-corrected chi connectivity index (χ0v) is 15.2. The van der Waals surface area contributed by atoms with Gasteiger partial charge in [0, 0.05) is 16.0 Å². The molecular formula is C19H17ClN2O2S. The molecule has 25 heavy (non-hydrogen) atoms.